The van der Waals surface area contributed by atoms with Crippen LogP contribution in [0.5, 0.6) is 11.5 Å². The van der Waals surface area contributed by atoms with Crippen LogP contribution in [-0.4, -0.2) is 31.6 Å². The fraction of sp³-hybridized carbons (Fsp3) is 0.500. The molecule has 2 rings (SSSR count). The minimum absolute atomic E-state index is 0.00158. The first-order valence-corrected chi connectivity index (χ1v) is 9.33. The van der Waals surface area contributed by atoms with Crippen molar-refractivity contribution in [2.45, 2.75) is 52.6 Å². The van der Waals surface area contributed by atoms with E-state index in [1.54, 1.807) is 6.92 Å². The predicted molar refractivity (Wildman–Crippen MR) is 107 cm³/mol. The molecule has 26 heavy (non-hydrogen) atoms. The Balaban J connectivity index is 2.24. The van der Waals surface area contributed by atoms with Crippen LogP contribution in [0, 0.1) is 0 Å². The lowest BCUT2D eigenvalue weighted by Crippen LogP contribution is -2.32. The van der Waals surface area contributed by atoms with Crippen LogP contribution >= 0.6 is 0 Å². The first-order chi connectivity index (χ1) is 12.4. The fourth-order valence-corrected chi connectivity index (χ4v) is 3.01. The van der Waals surface area contributed by atoms with Crippen molar-refractivity contribution in [2.24, 2.45) is 0 Å². The third-order valence-corrected chi connectivity index (χ3v) is 4.49. The molecule has 1 aromatic carbocycles. The maximum absolute atomic E-state index is 12.0. The average molecular weight is 357 g/mol. The summed E-state index contributed by atoms with van der Waals surface area (Å²) in [6.07, 6.45) is 9.10. The van der Waals surface area contributed by atoms with Crippen molar-refractivity contribution in [3.8, 4) is 11.5 Å². The van der Waals surface area contributed by atoms with Crippen LogP contribution in [0.2, 0.25) is 0 Å². The molecule has 0 spiro atoms. The monoisotopic (exact) mass is 357 g/mol. The lowest BCUT2D eigenvalue weighted by molar-refractivity contribution is 0.101. The van der Waals surface area contributed by atoms with E-state index in [4.69, 9.17) is 9.47 Å². The molecular weight excluding hydrogens is 326 g/mol. The van der Waals surface area contributed by atoms with Gasteiger partial charge in [-0.1, -0.05) is 11.6 Å². The van der Waals surface area contributed by atoms with Crippen LogP contribution in [0.1, 0.15) is 62.9 Å². The zero-order chi connectivity index (χ0) is 19.2. The summed E-state index contributed by atoms with van der Waals surface area (Å²) in [6, 6.07) is 3.69. The molecule has 0 amide bonds. The van der Waals surface area contributed by atoms with E-state index in [1.165, 1.54) is 5.57 Å². The third-order valence-electron chi connectivity index (χ3n) is 4.49. The summed E-state index contributed by atoms with van der Waals surface area (Å²) in [5.41, 5.74) is 2.44. The van der Waals surface area contributed by atoms with Gasteiger partial charge in [0.25, 0.3) is 0 Å². The average Bonchev–Trinajstić information content (AvgIpc) is 2.57. The van der Waals surface area contributed by atoms with Crippen molar-refractivity contribution >= 4 is 11.9 Å². The number of carbonyl (C=O) groups excluding carboxylic acids is 1. The molecule has 1 aromatic rings. The molecule has 0 aromatic heterocycles. The molecule has 142 valence electrons. The number of rotatable bonds is 9. The highest BCUT2D eigenvalue weighted by Crippen LogP contribution is 2.40. The molecule has 1 aliphatic rings. The Kier molecular flexibility index (Phi) is 7.04. The van der Waals surface area contributed by atoms with Gasteiger partial charge in [0.2, 0.25) is 0 Å². The van der Waals surface area contributed by atoms with E-state index < -0.39 is 0 Å². The Morgan fingerprint density at radius 1 is 1.31 bits per heavy atom. The molecule has 4 nitrogen and oxygen atoms in total. The van der Waals surface area contributed by atoms with Gasteiger partial charge in [-0.2, -0.15) is 0 Å². The Morgan fingerprint density at radius 2 is 2.08 bits per heavy atom. The van der Waals surface area contributed by atoms with Crippen molar-refractivity contribution in [1.29, 1.82) is 0 Å². The van der Waals surface area contributed by atoms with Gasteiger partial charge in [0, 0.05) is 0 Å². The maximum atomic E-state index is 12.0. The highest BCUT2D eigenvalue weighted by atomic mass is 16.5. The summed E-state index contributed by atoms with van der Waals surface area (Å²) in [5.74, 6) is 1.41. The Morgan fingerprint density at radius 3 is 2.73 bits per heavy atom. The molecule has 1 aliphatic heterocycles. The van der Waals surface area contributed by atoms with E-state index in [0.717, 1.165) is 37.1 Å². The quantitative estimate of drug-likeness (QED) is 0.392. The fourth-order valence-electron chi connectivity index (χ4n) is 3.01. The lowest BCUT2D eigenvalue weighted by Gasteiger charge is -2.32. The number of hydrogen-bond donors (Lipinski definition) is 1. The molecule has 0 saturated carbocycles. The van der Waals surface area contributed by atoms with Crippen molar-refractivity contribution in [2.75, 3.05) is 20.2 Å². The van der Waals surface area contributed by atoms with Gasteiger partial charge in [-0.15, -0.1) is 0 Å². The summed E-state index contributed by atoms with van der Waals surface area (Å²) in [6.45, 7) is 9.31. The summed E-state index contributed by atoms with van der Waals surface area (Å²) < 4.78 is 12.3. The first-order valence-electron chi connectivity index (χ1n) is 9.33. The molecule has 1 N–H and O–H groups in total. The van der Waals surface area contributed by atoms with Gasteiger partial charge in [0.15, 0.2) is 5.78 Å². The Labute approximate surface area is 157 Å². The van der Waals surface area contributed by atoms with Crippen molar-refractivity contribution in [1.82, 2.24) is 5.32 Å². The van der Waals surface area contributed by atoms with Gasteiger partial charge < -0.3 is 14.8 Å². The molecule has 0 radical (unpaired) electrons. The molecule has 1 atom stereocenters. The van der Waals surface area contributed by atoms with E-state index in [2.05, 4.69) is 38.2 Å². The molecule has 0 fully saturated rings. The predicted octanol–water partition coefficient (Wildman–Crippen LogP) is 4.79. The lowest BCUT2D eigenvalue weighted by atomic mass is 9.93. The summed E-state index contributed by atoms with van der Waals surface area (Å²) in [5, 5.41) is 3.10. The van der Waals surface area contributed by atoms with Crippen molar-refractivity contribution in [3.05, 3.63) is 41.0 Å². The molecule has 0 saturated heterocycles. The van der Waals surface area contributed by atoms with Crippen LogP contribution in [-0.2, 0) is 0 Å². The zero-order valence-corrected chi connectivity index (χ0v) is 16.6. The number of allylic oxidation sites excluding steroid dienone is 2. The van der Waals surface area contributed by atoms with Crippen LogP contribution in [0.3, 0.4) is 0 Å². The maximum Gasteiger partial charge on any atom is 0.163 e. The normalized spacial score (nSPS) is 18.0. The van der Waals surface area contributed by atoms with E-state index in [0.29, 0.717) is 17.9 Å². The molecule has 0 aliphatic carbocycles. The number of fused-ring (bicyclic) bond motifs is 1. The van der Waals surface area contributed by atoms with Crippen LogP contribution in [0.4, 0.5) is 0 Å². The number of Topliss-reactive ketones (excluding diaryl/α,β-unsaturated/α-hetero) is 1. The topological polar surface area (TPSA) is 47.6 Å². The van der Waals surface area contributed by atoms with Crippen molar-refractivity contribution < 1.29 is 14.3 Å². The van der Waals surface area contributed by atoms with Gasteiger partial charge in [-0.05, 0) is 84.8 Å². The number of ether oxygens (including phenoxy) is 2. The van der Waals surface area contributed by atoms with Gasteiger partial charge in [0.05, 0.1) is 17.7 Å². The van der Waals surface area contributed by atoms with E-state index in [-0.39, 0.29) is 11.4 Å². The molecule has 4 heteroatoms. The Bertz CT molecular complexity index is 702. The summed E-state index contributed by atoms with van der Waals surface area (Å²) in [4.78, 5) is 12.0. The second kappa shape index (κ2) is 9.04. The zero-order valence-electron chi connectivity index (χ0n) is 16.6. The second-order valence-electron chi connectivity index (χ2n) is 7.28. The number of hydrogen-bond acceptors (Lipinski definition) is 4. The molecular formula is C22H31NO3. The SMILES string of the molecule is CNCCCOc1c(C(C)=O)ccc2c1C=CC(C)(CCC=C(C)C)O2. The standard InChI is InChI=1S/C22H31NO3/c1-16(2)8-6-12-22(4)13-11-19-20(26-22)10-9-18(17(3)24)21(19)25-15-7-14-23-5/h8-11,13,23H,6-7,12,14-15H2,1-5H3. The highest BCUT2D eigenvalue weighted by Gasteiger charge is 2.29. The molecule has 1 unspecified atom stereocenters. The van der Waals surface area contributed by atoms with Gasteiger partial charge in [-0.25, -0.2) is 0 Å². The van der Waals surface area contributed by atoms with Gasteiger partial charge >= 0.3 is 0 Å². The van der Waals surface area contributed by atoms with E-state index in [9.17, 15) is 4.79 Å². The van der Waals surface area contributed by atoms with E-state index >= 15 is 0 Å². The minimum atomic E-state index is -0.347. The van der Waals surface area contributed by atoms with E-state index in [1.807, 2.05) is 25.3 Å². The largest absolute Gasteiger partial charge is 0.492 e. The van der Waals surface area contributed by atoms with Crippen molar-refractivity contribution in [3.63, 3.8) is 0 Å². The first kappa shape index (κ1) is 20.2. The molecule has 1 heterocycles. The van der Waals surface area contributed by atoms with Crippen LogP contribution < -0.4 is 14.8 Å². The minimum Gasteiger partial charge on any atom is -0.492 e. The second-order valence-corrected chi connectivity index (χ2v) is 7.28. The highest BCUT2D eigenvalue weighted by molar-refractivity contribution is 5.98. The van der Waals surface area contributed by atoms with Crippen LogP contribution in [0.25, 0.3) is 6.08 Å². The summed E-state index contributed by atoms with van der Waals surface area (Å²) in [7, 11) is 1.91. The van der Waals surface area contributed by atoms with Gasteiger partial charge in [0.1, 0.15) is 17.1 Å². The summed E-state index contributed by atoms with van der Waals surface area (Å²) >= 11 is 0. The third kappa shape index (κ3) is 5.21. The Hall–Kier alpha value is -2.07. The van der Waals surface area contributed by atoms with Gasteiger partial charge in [-0.3, -0.25) is 4.79 Å². The molecule has 0 bridgehead atoms. The van der Waals surface area contributed by atoms with Crippen LogP contribution in [0.15, 0.2) is 29.9 Å². The smallest absolute Gasteiger partial charge is 0.163 e. The number of nitrogens with one attached hydrogen (secondary N) is 1. The number of benzene rings is 1. The number of ketones is 1. The number of carbonyl (C=O) groups is 1.